The fourth-order valence-electron chi connectivity index (χ4n) is 2.74. The summed E-state index contributed by atoms with van der Waals surface area (Å²) in [6, 6.07) is 10.4. The average molecular weight is 263 g/mol. The van der Waals surface area contributed by atoms with E-state index in [4.69, 9.17) is 11.6 Å². The van der Waals surface area contributed by atoms with Crippen molar-refractivity contribution in [3.05, 3.63) is 34.9 Å². The Morgan fingerprint density at radius 3 is 2.39 bits per heavy atom. The van der Waals surface area contributed by atoms with E-state index in [0.29, 0.717) is 6.04 Å². The van der Waals surface area contributed by atoms with E-state index in [1.54, 1.807) is 0 Å². The van der Waals surface area contributed by atoms with Gasteiger partial charge in [0.15, 0.2) is 0 Å². The Hall–Kier alpha value is -1.04. The van der Waals surface area contributed by atoms with Gasteiger partial charge in [0, 0.05) is 11.1 Å². The summed E-state index contributed by atoms with van der Waals surface area (Å²) < 4.78 is 0. The van der Waals surface area contributed by atoms with Crippen LogP contribution >= 0.6 is 11.6 Å². The molecule has 0 aliphatic heterocycles. The standard InChI is InChI=1S/C15H19ClN2/c1-18(14-5-3-2-4-6-14)15(11-17)12-7-9-13(16)10-8-12/h7-10,14-15H,2-6H2,1H3. The zero-order valence-electron chi connectivity index (χ0n) is 10.8. The van der Waals surface area contributed by atoms with Crippen LogP contribution < -0.4 is 0 Å². The summed E-state index contributed by atoms with van der Waals surface area (Å²) in [6.45, 7) is 0. The lowest BCUT2D eigenvalue weighted by molar-refractivity contribution is 0.164. The fourth-order valence-corrected chi connectivity index (χ4v) is 2.87. The lowest BCUT2D eigenvalue weighted by atomic mass is 9.92. The Labute approximate surface area is 114 Å². The zero-order valence-corrected chi connectivity index (χ0v) is 11.5. The minimum Gasteiger partial charge on any atom is -0.284 e. The van der Waals surface area contributed by atoms with Crippen LogP contribution in [0.2, 0.25) is 5.02 Å². The minimum atomic E-state index is -0.162. The number of nitrogens with zero attached hydrogens (tertiary/aromatic N) is 2. The van der Waals surface area contributed by atoms with E-state index in [-0.39, 0.29) is 6.04 Å². The third kappa shape index (κ3) is 3.04. The second kappa shape index (κ2) is 6.22. The van der Waals surface area contributed by atoms with Crippen LogP contribution in [0.5, 0.6) is 0 Å². The summed E-state index contributed by atoms with van der Waals surface area (Å²) in [4.78, 5) is 2.22. The number of benzene rings is 1. The molecule has 96 valence electrons. The highest BCUT2D eigenvalue weighted by Crippen LogP contribution is 2.29. The molecule has 2 rings (SSSR count). The van der Waals surface area contributed by atoms with Crippen LogP contribution in [-0.4, -0.2) is 18.0 Å². The first-order valence-electron chi connectivity index (χ1n) is 6.59. The van der Waals surface area contributed by atoms with E-state index in [0.717, 1.165) is 10.6 Å². The molecule has 1 aliphatic rings. The first kappa shape index (κ1) is 13.4. The van der Waals surface area contributed by atoms with Crippen molar-refractivity contribution in [1.82, 2.24) is 4.90 Å². The van der Waals surface area contributed by atoms with E-state index >= 15 is 0 Å². The first-order chi connectivity index (χ1) is 8.72. The van der Waals surface area contributed by atoms with Gasteiger partial charge < -0.3 is 0 Å². The van der Waals surface area contributed by atoms with Crippen LogP contribution in [0.25, 0.3) is 0 Å². The predicted molar refractivity (Wildman–Crippen MR) is 74.4 cm³/mol. The molecule has 0 N–H and O–H groups in total. The third-order valence-electron chi connectivity index (χ3n) is 3.87. The molecule has 0 spiro atoms. The van der Waals surface area contributed by atoms with E-state index in [1.165, 1.54) is 32.1 Å². The van der Waals surface area contributed by atoms with E-state index < -0.39 is 0 Å². The largest absolute Gasteiger partial charge is 0.284 e. The topological polar surface area (TPSA) is 27.0 Å². The summed E-state index contributed by atoms with van der Waals surface area (Å²) >= 11 is 5.89. The second-order valence-electron chi connectivity index (χ2n) is 5.04. The van der Waals surface area contributed by atoms with Gasteiger partial charge in [0.05, 0.1) is 6.07 Å². The number of hydrogen-bond acceptors (Lipinski definition) is 2. The highest BCUT2D eigenvalue weighted by Gasteiger charge is 2.25. The van der Waals surface area contributed by atoms with Gasteiger partial charge in [0.1, 0.15) is 6.04 Å². The molecule has 0 bridgehead atoms. The fraction of sp³-hybridized carbons (Fsp3) is 0.533. The molecule has 1 aliphatic carbocycles. The molecule has 0 saturated heterocycles. The third-order valence-corrected chi connectivity index (χ3v) is 4.12. The summed E-state index contributed by atoms with van der Waals surface area (Å²) in [7, 11) is 2.07. The lowest BCUT2D eigenvalue weighted by Crippen LogP contribution is -2.36. The van der Waals surface area contributed by atoms with E-state index in [9.17, 15) is 5.26 Å². The van der Waals surface area contributed by atoms with E-state index in [2.05, 4.69) is 18.0 Å². The van der Waals surface area contributed by atoms with Crippen molar-refractivity contribution in [3.63, 3.8) is 0 Å². The van der Waals surface area contributed by atoms with Gasteiger partial charge in [0.25, 0.3) is 0 Å². The number of halogens is 1. The molecule has 0 heterocycles. The molecular weight excluding hydrogens is 244 g/mol. The first-order valence-corrected chi connectivity index (χ1v) is 6.97. The molecule has 1 fully saturated rings. The van der Waals surface area contributed by atoms with Gasteiger partial charge in [0.2, 0.25) is 0 Å². The zero-order chi connectivity index (χ0) is 13.0. The smallest absolute Gasteiger partial charge is 0.123 e. The number of hydrogen-bond donors (Lipinski definition) is 0. The molecule has 0 amide bonds. The lowest BCUT2D eigenvalue weighted by Gasteiger charge is -2.34. The maximum Gasteiger partial charge on any atom is 0.123 e. The molecular formula is C15H19ClN2. The van der Waals surface area contributed by atoms with Crippen LogP contribution in [0.15, 0.2) is 24.3 Å². The van der Waals surface area contributed by atoms with Crippen molar-refractivity contribution in [2.24, 2.45) is 0 Å². The van der Waals surface area contributed by atoms with Crippen molar-refractivity contribution in [1.29, 1.82) is 5.26 Å². The Bertz CT molecular complexity index is 415. The van der Waals surface area contributed by atoms with E-state index in [1.807, 2.05) is 24.3 Å². The van der Waals surface area contributed by atoms with Crippen molar-refractivity contribution in [2.45, 2.75) is 44.2 Å². The molecule has 1 aromatic rings. The summed E-state index contributed by atoms with van der Waals surface area (Å²) in [5.41, 5.74) is 1.04. The molecule has 1 atom stereocenters. The molecule has 0 aromatic heterocycles. The maximum absolute atomic E-state index is 9.43. The second-order valence-corrected chi connectivity index (χ2v) is 5.48. The van der Waals surface area contributed by atoms with Gasteiger partial charge in [-0.1, -0.05) is 43.0 Å². The van der Waals surface area contributed by atoms with Crippen LogP contribution in [0.1, 0.15) is 43.7 Å². The Morgan fingerprint density at radius 1 is 1.22 bits per heavy atom. The monoisotopic (exact) mass is 262 g/mol. The molecule has 1 aromatic carbocycles. The predicted octanol–water partition coefficient (Wildman–Crippen LogP) is 4.17. The maximum atomic E-state index is 9.43. The summed E-state index contributed by atoms with van der Waals surface area (Å²) in [5, 5.41) is 10.1. The Kier molecular flexibility index (Phi) is 4.63. The SMILES string of the molecule is CN(C1CCCCC1)C(C#N)c1ccc(Cl)cc1. The highest BCUT2D eigenvalue weighted by molar-refractivity contribution is 6.30. The highest BCUT2D eigenvalue weighted by atomic mass is 35.5. The van der Waals surface area contributed by atoms with Gasteiger partial charge in [-0.05, 0) is 37.6 Å². The van der Waals surface area contributed by atoms with Crippen LogP contribution in [0.4, 0.5) is 0 Å². The van der Waals surface area contributed by atoms with Crippen molar-refractivity contribution in [3.8, 4) is 6.07 Å². The van der Waals surface area contributed by atoms with Gasteiger partial charge in [-0.2, -0.15) is 5.26 Å². The minimum absolute atomic E-state index is 0.162. The van der Waals surface area contributed by atoms with Crippen molar-refractivity contribution in [2.75, 3.05) is 7.05 Å². The average Bonchev–Trinajstić information content (AvgIpc) is 2.42. The quantitative estimate of drug-likeness (QED) is 0.818. The molecule has 3 heteroatoms. The molecule has 0 radical (unpaired) electrons. The van der Waals surface area contributed by atoms with Gasteiger partial charge in [-0.3, -0.25) is 4.90 Å². The van der Waals surface area contributed by atoms with Gasteiger partial charge in [-0.15, -0.1) is 0 Å². The van der Waals surface area contributed by atoms with Crippen molar-refractivity contribution < 1.29 is 0 Å². The Balaban J connectivity index is 2.12. The normalized spacial score (nSPS) is 18.6. The van der Waals surface area contributed by atoms with Gasteiger partial charge >= 0.3 is 0 Å². The van der Waals surface area contributed by atoms with Crippen LogP contribution in [0, 0.1) is 11.3 Å². The molecule has 1 saturated carbocycles. The molecule has 1 unspecified atom stereocenters. The number of rotatable bonds is 3. The molecule has 2 nitrogen and oxygen atoms in total. The van der Waals surface area contributed by atoms with Crippen LogP contribution in [-0.2, 0) is 0 Å². The van der Waals surface area contributed by atoms with Gasteiger partial charge in [-0.25, -0.2) is 0 Å². The summed E-state index contributed by atoms with van der Waals surface area (Å²) in [5.74, 6) is 0. The number of nitriles is 1. The van der Waals surface area contributed by atoms with Crippen LogP contribution in [0.3, 0.4) is 0 Å². The Morgan fingerprint density at radius 2 is 1.83 bits per heavy atom. The van der Waals surface area contributed by atoms with Crippen molar-refractivity contribution >= 4 is 11.6 Å². The molecule has 18 heavy (non-hydrogen) atoms. The summed E-state index contributed by atoms with van der Waals surface area (Å²) in [6.07, 6.45) is 6.33.